The van der Waals surface area contributed by atoms with Crippen LogP contribution in [0.4, 0.5) is 16.3 Å². The van der Waals surface area contributed by atoms with Crippen LogP contribution in [-0.4, -0.2) is 58.6 Å². The lowest BCUT2D eigenvalue weighted by atomic mass is 10.2. The van der Waals surface area contributed by atoms with Crippen molar-refractivity contribution < 1.29 is 23.9 Å². The van der Waals surface area contributed by atoms with Gasteiger partial charge in [0.1, 0.15) is 12.4 Å². The minimum Gasteiger partial charge on any atom is -0.460 e. The molecule has 0 saturated carbocycles. The van der Waals surface area contributed by atoms with Crippen LogP contribution in [0.3, 0.4) is 0 Å². The van der Waals surface area contributed by atoms with E-state index in [1.807, 2.05) is 0 Å². The number of hydrogen-bond acceptors (Lipinski definition) is 9. The van der Waals surface area contributed by atoms with Crippen molar-refractivity contribution in [1.29, 1.82) is 0 Å². The Morgan fingerprint density at radius 2 is 1.97 bits per heavy atom. The predicted octanol–water partition coefficient (Wildman–Crippen LogP) is 2.73. The summed E-state index contributed by atoms with van der Waals surface area (Å²) in [5.74, 6) is -0.756. The Kier molecular flexibility index (Phi) is 8.95. The number of likely N-dealkylation sites (N-methyl/N-ethyl adjacent to an activating group) is 1. The van der Waals surface area contributed by atoms with Crippen molar-refractivity contribution in [2.45, 2.75) is 13.3 Å². The highest BCUT2D eigenvalue weighted by Crippen LogP contribution is 2.25. The third-order valence-electron chi connectivity index (χ3n) is 4.42. The summed E-state index contributed by atoms with van der Waals surface area (Å²) in [5.41, 5.74) is 0.843. The van der Waals surface area contributed by atoms with Gasteiger partial charge >= 0.3 is 12.1 Å². The van der Waals surface area contributed by atoms with Gasteiger partial charge < -0.3 is 20.1 Å². The number of rotatable bonds is 9. The van der Waals surface area contributed by atoms with Gasteiger partial charge in [-0.25, -0.2) is 9.78 Å². The molecule has 0 aliphatic rings. The second-order valence-electron chi connectivity index (χ2n) is 6.96. The number of carbonyl (C=O) groups excluding carboxylic acids is 3. The van der Waals surface area contributed by atoms with E-state index in [1.165, 1.54) is 25.5 Å². The minimum absolute atomic E-state index is 0.0178. The summed E-state index contributed by atoms with van der Waals surface area (Å²) in [6.07, 6.45) is 1.94. The number of hydrogen-bond donors (Lipinski definition) is 2. The molecule has 0 atom stereocenters. The molecular weight excluding hydrogens is 501 g/mol. The lowest BCUT2D eigenvalue weighted by Gasteiger charge is -2.18. The van der Waals surface area contributed by atoms with Crippen molar-refractivity contribution in [1.82, 2.24) is 25.3 Å². The summed E-state index contributed by atoms with van der Waals surface area (Å²) in [6.45, 7) is -0.382. The zero-order chi connectivity index (χ0) is 25.4. The Morgan fingerprint density at radius 3 is 2.71 bits per heavy atom. The number of anilines is 2. The van der Waals surface area contributed by atoms with Crippen molar-refractivity contribution in [2.24, 2.45) is 0 Å². The third-order valence-corrected chi connectivity index (χ3v) is 4.97. The molecule has 0 fully saturated rings. The largest absolute Gasteiger partial charge is 0.460 e. The number of aromatic nitrogens is 4. The highest BCUT2D eigenvalue weighted by Gasteiger charge is 2.19. The van der Waals surface area contributed by atoms with E-state index in [-0.39, 0.29) is 36.4 Å². The smallest absolute Gasteiger partial charge is 0.417 e. The van der Waals surface area contributed by atoms with Crippen LogP contribution in [0.15, 0.2) is 42.7 Å². The molecule has 1 aromatic carbocycles. The molecule has 14 heteroatoms. The normalized spacial score (nSPS) is 10.5. The SMILES string of the molecule is CNCC(=O)OCc1cccnc1N(C)C(=O)OCn1ncc(C(=O)Nc2ccc(Cl)cc2Cl)n1. The number of esters is 1. The van der Waals surface area contributed by atoms with Gasteiger partial charge in [0.25, 0.3) is 5.91 Å². The minimum atomic E-state index is -0.761. The molecule has 2 N–H and O–H groups in total. The van der Waals surface area contributed by atoms with Crippen LogP contribution in [0.1, 0.15) is 16.1 Å². The predicted molar refractivity (Wildman–Crippen MR) is 127 cm³/mol. The van der Waals surface area contributed by atoms with Crippen LogP contribution in [0.2, 0.25) is 10.0 Å². The molecule has 2 heterocycles. The van der Waals surface area contributed by atoms with E-state index >= 15 is 0 Å². The standard InChI is InChI=1S/C21H21Cl2N7O5/c1-24-10-18(31)34-11-13-4-3-7-25-19(13)29(2)21(33)35-12-30-26-9-17(28-30)20(32)27-16-6-5-14(22)8-15(16)23/h3-9,24H,10-12H2,1-2H3,(H,27,32). The molecule has 0 bridgehead atoms. The Hall–Kier alpha value is -3.74. The van der Waals surface area contributed by atoms with Crippen LogP contribution in [0.25, 0.3) is 0 Å². The fourth-order valence-electron chi connectivity index (χ4n) is 2.74. The van der Waals surface area contributed by atoms with E-state index in [1.54, 1.807) is 31.3 Å². The fourth-order valence-corrected chi connectivity index (χ4v) is 3.19. The first kappa shape index (κ1) is 25.9. The molecule has 0 spiro atoms. The van der Waals surface area contributed by atoms with Crippen LogP contribution in [-0.2, 0) is 27.6 Å². The number of nitrogens with one attached hydrogen (secondary N) is 2. The fraction of sp³-hybridized carbons (Fsp3) is 0.238. The Morgan fingerprint density at radius 1 is 1.17 bits per heavy atom. The number of nitrogens with zero attached hydrogens (tertiary/aromatic N) is 5. The number of amides is 2. The summed E-state index contributed by atoms with van der Waals surface area (Å²) in [7, 11) is 3.08. The number of ether oxygens (including phenoxy) is 2. The second-order valence-corrected chi connectivity index (χ2v) is 7.80. The summed E-state index contributed by atoms with van der Waals surface area (Å²) >= 11 is 11.9. The zero-order valence-electron chi connectivity index (χ0n) is 18.7. The maximum atomic E-state index is 12.5. The van der Waals surface area contributed by atoms with Gasteiger partial charge in [0, 0.05) is 23.8 Å². The lowest BCUT2D eigenvalue weighted by Crippen LogP contribution is -2.30. The number of pyridine rings is 1. The second kappa shape index (κ2) is 12.1. The van der Waals surface area contributed by atoms with Crippen LogP contribution in [0, 0.1) is 0 Å². The van der Waals surface area contributed by atoms with Gasteiger partial charge in [-0.1, -0.05) is 29.3 Å². The molecule has 0 unspecified atom stereocenters. The highest BCUT2D eigenvalue weighted by atomic mass is 35.5. The van der Waals surface area contributed by atoms with Gasteiger partial charge in [-0.2, -0.15) is 5.10 Å². The number of benzene rings is 1. The Balaban J connectivity index is 1.57. The van der Waals surface area contributed by atoms with Crippen molar-refractivity contribution >= 4 is 52.7 Å². The number of halogens is 2. The van der Waals surface area contributed by atoms with Crippen molar-refractivity contribution in [2.75, 3.05) is 30.9 Å². The van der Waals surface area contributed by atoms with E-state index in [0.29, 0.717) is 16.3 Å². The molecule has 2 aromatic heterocycles. The zero-order valence-corrected chi connectivity index (χ0v) is 20.2. The van der Waals surface area contributed by atoms with Crippen molar-refractivity contribution in [3.05, 3.63) is 64.0 Å². The van der Waals surface area contributed by atoms with E-state index in [2.05, 4.69) is 25.8 Å². The summed E-state index contributed by atoms with van der Waals surface area (Å²) < 4.78 is 10.4. The van der Waals surface area contributed by atoms with Gasteiger partial charge in [-0.05, 0) is 31.3 Å². The molecule has 0 aliphatic carbocycles. The molecule has 184 valence electrons. The van der Waals surface area contributed by atoms with Crippen LogP contribution >= 0.6 is 23.2 Å². The number of carbonyl (C=O) groups is 3. The average molecular weight is 522 g/mol. The molecule has 12 nitrogen and oxygen atoms in total. The van der Waals surface area contributed by atoms with E-state index in [0.717, 1.165) is 9.70 Å². The van der Waals surface area contributed by atoms with Gasteiger partial charge in [-0.3, -0.25) is 14.5 Å². The molecule has 0 aliphatic heterocycles. The summed E-state index contributed by atoms with van der Waals surface area (Å²) in [4.78, 5) is 42.9. The highest BCUT2D eigenvalue weighted by molar-refractivity contribution is 6.36. The van der Waals surface area contributed by atoms with Crippen LogP contribution in [0.5, 0.6) is 0 Å². The molecular formula is C21H21Cl2N7O5. The van der Waals surface area contributed by atoms with E-state index < -0.39 is 18.0 Å². The Bertz CT molecular complexity index is 1220. The average Bonchev–Trinajstić information content (AvgIpc) is 3.32. The van der Waals surface area contributed by atoms with E-state index in [9.17, 15) is 14.4 Å². The maximum Gasteiger partial charge on any atom is 0.417 e. The van der Waals surface area contributed by atoms with Crippen LogP contribution < -0.4 is 15.5 Å². The first-order valence-corrected chi connectivity index (χ1v) is 10.8. The quantitative estimate of drug-likeness (QED) is 0.406. The molecule has 2 amide bonds. The first-order valence-electron chi connectivity index (χ1n) is 10.1. The molecule has 3 aromatic rings. The van der Waals surface area contributed by atoms with Crippen molar-refractivity contribution in [3.8, 4) is 0 Å². The summed E-state index contributed by atoms with van der Waals surface area (Å²) in [5, 5.41) is 13.9. The topological polar surface area (TPSA) is 141 Å². The van der Waals surface area contributed by atoms with Crippen molar-refractivity contribution in [3.63, 3.8) is 0 Å². The first-order chi connectivity index (χ1) is 16.8. The van der Waals surface area contributed by atoms with E-state index in [4.69, 9.17) is 32.7 Å². The monoisotopic (exact) mass is 521 g/mol. The third kappa shape index (κ3) is 7.12. The lowest BCUT2D eigenvalue weighted by molar-refractivity contribution is -0.143. The van der Waals surface area contributed by atoms with Gasteiger partial charge in [0.15, 0.2) is 5.69 Å². The molecule has 3 rings (SSSR count). The Labute approximate surface area is 210 Å². The van der Waals surface area contributed by atoms with Gasteiger partial charge in [0.2, 0.25) is 6.73 Å². The van der Waals surface area contributed by atoms with Gasteiger partial charge in [0.05, 0.1) is 23.5 Å². The van der Waals surface area contributed by atoms with Gasteiger partial charge in [-0.15, -0.1) is 9.90 Å². The molecule has 35 heavy (non-hydrogen) atoms. The summed E-state index contributed by atoms with van der Waals surface area (Å²) in [6, 6.07) is 7.95. The maximum absolute atomic E-state index is 12.5. The molecule has 0 radical (unpaired) electrons. The molecule has 0 saturated heterocycles.